The summed E-state index contributed by atoms with van der Waals surface area (Å²) in [5.74, 6) is 0. The van der Waals surface area contributed by atoms with Gasteiger partial charge < -0.3 is 5.32 Å². The molecule has 76 valence electrons. The molecule has 1 unspecified atom stereocenters. The Morgan fingerprint density at radius 2 is 2.07 bits per heavy atom. The van der Waals surface area contributed by atoms with Crippen molar-refractivity contribution in [2.45, 2.75) is 18.6 Å². The van der Waals surface area contributed by atoms with E-state index < -0.39 is 12.2 Å². The van der Waals surface area contributed by atoms with E-state index in [1.54, 1.807) is 18.2 Å². The van der Waals surface area contributed by atoms with Crippen molar-refractivity contribution >= 4 is 21.6 Å². The van der Waals surface area contributed by atoms with Crippen LogP contribution in [-0.2, 0) is 6.42 Å². The number of para-hydroxylation sites is 1. The number of halogens is 4. The Morgan fingerprint density at radius 3 is 2.64 bits per heavy atom. The minimum atomic E-state index is -4.18. The Morgan fingerprint density at radius 1 is 1.36 bits per heavy atom. The molecule has 1 aromatic carbocycles. The van der Waals surface area contributed by atoms with E-state index in [9.17, 15) is 13.2 Å². The fourth-order valence-corrected chi connectivity index (χ4v) is 2.06. The molecule has 1 atom stereocenters. The van der Waals surface area contributed by atoms with Gasteiger partial charge in [-0.2, -0.15) is 13.2 Å². The van der Waals surface area contributed by atoms with Crippen LogP contribution in [0.15, 0.2) is 22.7 Å². The van der Waals surface area contributed by atoms with Gasteiger partial charge in [0, 0.05) is 10.9 Å². The van der Waals surface area contributed by atoms with Crippen molar-refractivity contribution in [3.8, 4) is 0 Å². The van der Waals surface area contributed by atoms with Crippen molar-refractivity contribution in [1.29, 1.82) is 0 Å². The number of anilines is 1. The van der Waals surface area contributed by atoms with Crippen molar-refractivity contribution in [3.05, 3.63) is 28.2 Å². The zero-order valence-corrected chi connectivity index (χ0v) is 8.61. The molecule has 1 heterocycles. The van der Waals surface area contributed by atoms with E-state index in [-0.39, 0.29) is 6.42 Å². The van der Waals surface area contributed by atoms with E-state index in [2.05, 4.69) is 21.2 Å². The summed E-state index contributed by atoms with van der Waals surface area (Å²) in [6.45, 7) is 0. The molecule has 1 aliphatic rings. The van der Waals surface area contributed by atoms with Crippen LogP contribution in [0.4, 0.5) is 18.9 Å². The maximum Gasteiger partial charge on any atom is 0.408 e. The summed E-state index contributed by atoms with van der Waals surface area (Å²) >= 11 is 3.21. The summed E-state index contributed by atoms with van der Waals surface area (Å²) in [4.78, 5) is 0. The van der Waals surface area contributed by atoms with E-state index in [0.717, 1.165) is 0 Å². The Balaban J connectivity index is 2.31. The Bertz CT molecular complexity index is 362. The number of hydrogen-bond donors (Lipinski definition) is 1. The molecule has 2 rings (SSSR count). The van der Waals surface area contributed by atoms with E-state index in [1.807, 2.05) is 0 Å². The fourth-order valence-electron chi connectivity index (χ4n) is 1.54. The maximum absolute atomic E-state index is 12.4. The van der Waals surface area contributed by atoms with Crippen LogP contribution in [0.3, 0.4) is 0 Å². The van der Waals surface area contributed by atoms with Gasteiger partial charge in [0.25, 0.3) is 0 Å². The fraction of sp³-hybridized carbons (Fsp3) is 0.333. The quantitative estimate of drug-likeness (QED) is 0.759. The van der Waals surface area contributed by atoms with Crippen LogP contribution in [0.25, 0.3) is 0 Å². The van der Waals surface area contributed by atoms with Gasteiger partial charge in [-0.25, -0.2) is 0 Å². The van der Waals surface area contributed by atoms with E-state index >= 15 is 0 Å². The monoisotopic (exact) mass is 265 g/mol. The van der Waals surface area contributed by atoms with Gasteiger partial charge in [-0.05, 0) is 27.6 Å². The van der Waals surface area contributed by atoms with Crippen LogP contribution in [0, 0.1) is 0 Å². The summed E-state index contributed by atoms with van der Waals surface area (Å²) in [5, 5.41) is 2.47. The summed E-state index contributed by atoms with van der Waals surface area (Å²) in [6, 6.07) is 3.73. The smallest absolute Gasteiger partial charge is 0.373 e. The molecule has 14 heavy (non-hydrogen) atoms. The van der Waals surface area contributed by atoms with E-state index in [0.29, 0.717) is 15.7 Å². The normalized spacial score (nSPS) is 20.4. The second-order valence-corrected chi connectivity index (χ2v) is 4.07. The summed E-state index contributed by atoms with van der Waals surface area (Å²) < 4.78 is 37.8. The van der Waals surface area contributed by atoms with Crippen molar-refractivity contribution in [2.75, 3.05) is 5.32 Å². The van der Waals surface area contributed by atoms with Crippen LogP contribution in [0.1, 0.15) is 5.56 Å². The van der Waals surface area contributed by atoms with Crippen LogP contribution in [-0.4, -0.2) is 12.2 Å². The molecule has 1 N–H and O–H groups in total. The van der Waals surface area contributed by atoms with Crippen molar-refractivity contribution in [1.82, 2.24) is 0 Å². The molecule has 0 bridgehead atoms. The molecule has 0 saturated heterocycles. The predicted molar refractivity (Wildman–Crippen MR) is 51.3 cm³/mol. The lowest BCUT2D eigenvalue weighted by Gasteiger charge is -2.15. The van der Waals surface area contributed by atoms with Crippen LogP contribution in [0.2, 0.25) is 0 Å². The first-order valence-electron chi connectivity index (χ1n) is 4.09. The van der Waals surface area contributed by atoms with Gasteiger partial charge in [-0.15, -0.1) is 0 Å². The minimum Gasteiger partial charge on any atom is -0.373 e. The zero-order valence-electron chi connectivity index (χ0n) is 7.03. The third kappa shape index (κ3) is 1.61. The second kappa shape index (κ2) is 3.15. The number of alkyl halides is 3. The molecular weight excluding hydrogens is 259 g/mol. The average molecular weight is 266 g/mol. The molecule has 1 nitrogen and oxygen atoms in total. The van der Waals surface area contributed by atoms with Gasteiger partial charge >= 0.3 is 6.18 Å². The number of hydrogen-bond acceptors (Lipinski definition) is 1. The van der Waals surface area contributed by atoms with Crippen LogP contribution < -0.4 is 5.32 Å². The van der Waals surface area contributed by atoms with Crippen molar-refractivity contribution < 1.29 is 13.2 Å². The lowest BCUT2D eigenvalue weighted by molar-refractivity contribution is -0.140. The highest BCUT2D eigenvalue weighted by atomic mass is 79.9. The van der Waals surface area contributed by atoms with Crippen LogP contribution in [0.5, 0.6) is 0 Å². The lowest BCUT2D eigenvalue weighted by Crippen LogP contribution is -2.34. The van der Waals surface area contributed by atoms with Gasteiger partial charge in [-0.1, -0.05) is 12.1 Å². The summed E-state index contributed by atoms with van der Waals surface area (Å²) in [7, 11) is 0. The standard InChI is InChI=1S/C9H7BrF3N/c10-6-3-1-2-5-4-7(9(11,12)13)14-8(5)6/h1-3,7,14H,4H2. The van der Waals surface area contributed by atoms with Gasteiger partial charge in [0.1, 0.15) is 6.04 Å². The van der Waals surface area contributed by atoms with Crippen molar-refractivity contribution in [3.63, 3.8) is 0 Å². The van der Waals surface area contributed by atoms with Gasteiger partial charge in [0.05, 0.1) is 5.69 Å². The molecule has 1 aliphatic heterocycles. The topological polar surface area (TPSA) is 12.0 Å². The molecular formula is C9H7BrF3N. The Labute approximate surface area is 87.4 Å². The molecule has 0 radical (unpaired) electrons. The zero-order chi connectivity index (χ0) is 10.3. The number of rotatable bonds is 0. The van der Waals surface area contributed by atoms with E-state index in [1.165, 1.54) is 0 Å². The summed E-state index contributed by atoms with van der Waals surface area (Å²) in [6.07, 6.45) is -4.17. The third-order valence-corrected chi connectivity index (χ3v) is 2.90. The average Bonchev–Trinajstić information content (AvgIpc) is 2.48. The molecule has 0 amide bonds. The second-order valence-electron chi connectivity index (χ2n) is 3.22. The summed E-state index contributed by atoms with van der Waals surface area (Å²) in [5.41, 5.74) is 1.27. The maximum atomic E-state index is 12.4. The minimum absolute atomic E-state index is 0.0122. The van der Waals surface area contributed by atoms with Gasteiger partial charge in [0.15, 0.2) is 0 Å². The molecule has 0 fully saturated rings. The molecule has 0 spiro atoms. The van der Waals surface area contributed by atoms with Crippen LogP contribution >= 0.6 is 15.9 Å². The SMILES string of the molecule is FC(F)(F)C1Cc2cccc(Br)c2N1. The number of fused-ring (bicyclic) bond motifs is 1. The molecule has 5 heteroatoms. The first-order valence-corrected chi connectivity index (χ1v) is 4.88. The number of nitrogens with one attached hydrogen (secondary N) is 1. The van der Waals surface area contributed by atoms with Gasteiger partial charge in [-0.3, -0.25) is 0 Å². The van der Waals surface area contributed by atoms with E-state index in [4.69, 9.17) is 0 Å². The highest BCUT2D eigenvalue weighted by molar-refractivity contribution is 9.10. The first kappa shape index (κ1) is 9.83. The molecule has 0 aromatic heterocycles. The molecule has 0 saturated carbocycles. The molecule has 1 aromatic rings. The Hall–Kier alpha value is -0.710. The third-order valence-electron chi connectivity index (χ3n) is 2.24. The number of benzene rings is 1. The highest BCUT2D eigenvalue weighted by Crippen LogP contribution is 2.38. The first-order chi connectivity index (χ1) is 6.48. The van der Waals surface area contributed by atoms with Gasteiger partial charge in [0.2, 0.25) is 0 Å². The lowest BCUT2D eigenvalue weighted by atomic mass is 10.1. The highest BCUT2D eigenvalue weighted by Gasteiger charge is 2.43. The van der Waals surface area contributed by atoms with Crippen molar-refractivity contribution in [2.24, 2.45) is 0 Å². The molecule has 0 aliphatic carbocycles. The largest absolute Gasteiger partial charge is 0.408 e. The predicted octanol–water partition coefficient (Wildman–Crippen LogP) is 3.35. The Kier molecular flexibility index (Phi) is 2.21.